The third-order valence-corrected chi connectivity index (χ3v) is 5.03. The Bertz CT molecular complexity index is 1040. The van der Waals surface area contributed by atoms with E-state index in [9.17, 15) is 14.5 Å². The summed E-state index contributed by atoms with van der Waals surface area (Å²) >= 11 is 5.63. The van der Waals surface area contributed by atoms with Crippen molar-refractivity contribution in [1.82, 2.24) is 4.98 Å². The van der Waals surface area contributed by atoms with E-state index in [2.05, 4.69) is 54.0 Å². The molecule has 7 nitrogen and oxygen atoms in total. The van der Waals surface area contributed by atoms with Gasteiger partial charge in [0.15, 0.2) is 0 Å². The number of hydrazone groups is 1. The minimum absolute atomic E-state index is 0.0909. The van der Waals surface area contributed by atoms with Gasteiger partial charge in [0.25, 0.3) is 5.69 Å². The number of pyridine rings is 1. The maximum absolute atomic E-state index is 13.3. The van der Waals surface area contributed by atoms with E-state index in [4.69, 9.17) is 4.74 Å². The molecular weight excluding hydrogens is 558 g/mol. The summed E-state index contributed by atoms with van der Waals surface area (Å²) in [6, 6.07) is 12.8. The molecule has 2 aromatic carbocycles. The maximum atomic E-state index is 13.3. The van der Waals surface area contributed by atoms with Gasteiger partial charge in [-0.1, -0.05) is 12.1 Å². The van der Waals surface area contributed by atoms with E-state index in [1.54, 1.807) is 18.3 Å². The van der Waals surface area contributed by atoms with E-state index >= 15 is 0 Å². The van der Waals surface area contributed by atoms with Gasteiger partial charge in [0.2, 0.25) is 0 Å². The average molecular weight is 571 g/mol. The summed E-state index contributed by atoms with van der Waals surface area (Å²) in [5.74, 6) is 0.731. The monoisotopic (exact) mass is 570 g/mol. The summed E-state index contributed by atoms with van der Waals surface area (Å²) in [7, 11) is 0. The Morgan fingerprint density at radius 2 is 2.14 bits per heavy atom. The Kier molecular flexibility index (Phi) is 7.09. The zero-order chi connectivity index (χ0) is 20.8. The Hall–Kier alpha value is -2.60. The molecule has 10 heteroatoms. The average Bonchev–Trinajstić information content (AvgIpc) is 2.68. The first kappa shape index (κ1) is 21.1. The molecule has 0 amide bonds. The molecule has 0 aliphatic carbocycles. The molecule has 1 N–H and O–H groups in total. The van der Waals surface area contributed by atoms with Gasteiger partial charge in [-0.25, -0.2) is 9.37 Å². The van der Waals surface area contributed by atoms with Gasteiger partial charge in [0.1, 0.15) is 30.2 Å². The molecule has 0 atom stereocenters. The lowest BCUT2D eigenvalue weighted by Crippen LogP contribution is -2.00. The Morgan fingerprint density at radius 1 is 1.31 bits per heavy atom. The Balaban J connectivity index is 1.65. The van der Waals surface area contributed by atoms with Crippen LogP contribution in [0.3, 0.4) is 0 Å². The number of hydrogen-bond donors (Lipinski definition) is 1. The largest absolute Gasteiger partial charge is 0.487 e. The second-order valence-electron chi connectivity index (χ2n) is 5.76. The summed E-state index contributed by atoms with van der Waals surface area (Å²) in [4.78, 5) is 14.0. The molecule has 0 unspecified atom stereocenters. The predicted molar refractivity (Wildman–Crippen MR) is 120 cm³/mol. The van der Waals surface area contributed by atoms with Gasteiger partial charge in [-0.2, -0.15) is 5.10 Å². The van der Waals surface area contributed by atoms with Crippen LogP contribution in [0.5, 0.6) is 5.75 Å². The highest BCUT2D eigenvalue weighted by Gasteiger charge is 2.09. The molecule has 3 aromatic rings. The van der Waals surface area contributed by atoms with Crippen molar-refractivity contribution in [3.63, 3.8) is 0 Å². The van der Waals surface area contributed by atoms with Crippen molar-refractivity contribution in [2.75, 3.05) is 5.43 Å². The Morgan fingerprint density at radius 3 is 2.79 bits per heavy atom. The molecule has 0 saturated heterocycles. The van der Waals surface area contributed by atoms with Crippen LogP contribution in [-0.4, -0.2) is 16.1 Å². The second-order valence-corrected chi connectivity index (χ2v) is 7.78. The molecular formula is C19H13BrFIN4O3. The van der Waals surface area contributed by atoms with Crippen LogP contribution in [0.1, 0.15) is 11.1 Å². The van der Waals surface area contributed by atoms with Crippen LogP contribution in [0.4, 0.5) is 15.9 Å². The van der Waals surface area contributed by atoms with E-state index in [1.807, 2.05) is 12.1 Å². The summed E-state index contributed by atoms with van der Waals surface area (Å²) in [5.41, 5.74) is 4.16. The molecule has 1 heterocycles. The van der Waals surface area contributed by atoms with Gasteiger partial charge in [0, 0.05) is 6.07 Å². The zero-order valence-corrected chi connectivity index (χ0v) is 18.4. The van der Waals surface area contributed by atoms with Gasteiger partial charge in [-0.15, -0.1) is 0 Å². The maximum Gasteiger partial charge on any atom is 0.287 e. The number of anilines is 1. The number of rotatable bonds is 7. The third-order valence-electron chi connectivity index (χ3n) is 3.64. The summed E-state index contributed by atoms with van der Waals surface area (Å²) in [6.45, 7) is 0.243. The quantitative estimate of drug-likeness (QED) is 0.175. The number of hydrogen-bond acceptors (Lipinski definition) is 6. The molecule has 1 aromatic heterocycles. The molecule has 3 rings (SSSR count). The standard InChI is InChI=1S/C19H13BrFIN4O3/c20-16-7-13(9-24-25-18-5-4-15(10-23-18)26(27)28)8-17(22)19(16)29-11-12-2-1-3-14(21)6-12/h1-10H,11H2,(H,23,25)/b24-9+. The molecule has 0 saturated carbocycles. The molecule has 0 radical (unpaired) electrons. The van der Waals surface area contributed by atoms with Crippen LogP contribution < -0.4 is 10.2 Å². The molecule has 0 aliphatic heterocycles. The van der Waals surface area contributed by atoms with E-state index < -0.39 is 4.92 Å². The number of nitrogens with zero attached hydrogens (tertiary/aromatic N) is 3. The summed E-state index contributed by atoms with van der Waals surface area (Å²) < 4.78 is 20.7. The van der Waals surface area contributed by atoms with Gasteiger partial charge in [-0.3, -0.25) is 15.5 Å². The first-order valence-electron chi connectivity index (χ1n) is 8.18. The van der Waals surface area contributed by atoms with E-state index in [1.165, 1.54) is 24.3 Å². The minimum atomic E-state index is -0.516. The molecule has 0 spiro atoms. The van der Waals surface area contributed by atoms with Crippen LogP contribution in [-0.2, 0) is 6.61 Å². The lowest BCUT2D eigenvalue weighted by atomic mass is 10.2. The van der Waals surface area contributed by atoms with Crippen molar-refractivity contribution in [3.8, 4) is 5.75 Å². The predicted octanol–water partition coefficient (Wildman–Crippen LogP) is 5.52. The first-order valence-corrected chi connectivity index (χ1v) is 10.1. The summed E-state index contributed by atoms with van der Waals surface area (Å²) in [6.07, 6.45) is 2.74. The van der Waals surface area contributed by atoms with E-state index in [0.29, 0.717) is 11.6 Å². The van der Waals surface area contributed by atoms with Crippen molar-refractivity contribution in [1.29, 1.82) is 0 Å². The fraction of sp³-hybridized carbons (Fsp3) is 0.0526. The Labute approximate surface area is 187 Å². The SMILES string of the molecule is O=[N+]([O-])c1ccc(N/N=C/c2cc(Br)c(OCc3cccc(F)c3)c(I)c2)nc1. The van der Waals surface area contributed by atoms with Crippen LogP contribution in [0.25, 0.3) is 0 Å². The van der Waals surface area contributed by atoms with Gasteiger partial charge in [0.05, 0.1) is 19.2 Å². The van der Waals surface area contributed by atoms with Crippen molar-refractivity contribution in [2.24, 2.45) is 5.10 Å². The number of nitro groups is 1. The van der Waals surface area contributed by atoms with Gasteiger partial charge >= 0.3 is 0 Å². The van der Waals surface area contributed by atoms with Crippen LogP contribution >= 0.6 is 38.5 Å². The van der Waals surface area contributed by atoms with Gasteiger partial charge < -0.3 is 4.74 Å². The molecule has 0 bridgehead atoms. The molecule has 29 heavy (non-hydrogen) atoms. The topological polar surface area (TPSA) is 89.7 Å². The van der Waals surface area contributed by atoms with Crippen molar-refractivity contribution in [3.05, 3.63) is 89.8 Å². The highest BCUT2D eigenvalue weighted by Crippen LogP contribution is 2.32. The van der Waals surface area contributed by atoms with Crippen LogP contribution in [0.15, 0.2) is 64.3 Å². The highest BCUT2D eigenvalue weighted by molar-refractivity contribution is 14.1. The van der Waals surface area contributed by atoms with Crippen molar-refractivity contribution >= 4 is 56.2 Å². The first-order chi connectivity index (χ1) is 13.9. The smallest absolute Gasteiger partial charge is 0.287 e. The molecule has 0 aliphatic rings. The fourth-order valence-electron chi connectivity index (χ4n) is 2.31. The van der Waals surface area contributed by atoms with Crippen molar-refractivity contribution in [2.45, 2.75) is 6.61 Å². The lowest BCUT2D eigenvalue weighted by molar-refractivity contribution is -0.385. The van der Waals surface area contributed by atoms with Crippen LogP contribution in [0, 0.1) is 19.5 Å². The lowest BCUT2D eigenvalue weighted by Gasteiger charge is -2.11. The molecule has 148 valence electrons. The van der Waals surface area contributed by atoms with Crippen LogP contribution in [0.2, 0.25) is 0 Å². The normalized spacial score (nSPS) is 10.9. The highest BCUT2D eigenvalue weighted by atomic mass is 127. The second kappa shape index (κ2) is 9.74. The number of benzene rings is 2. The third kappa shape index (κ3) is 5.94. The molecule has 0 fully saturated rings. The summed E-state index contributed by atoms with van der Waals surface area (Å²) in [5, 5.41) is 14.7. The number of nitrogens with one attached hydrogen (secondary N) is 1. The zero-order valence-electron chi connectivity index (χ0n) is 14.7. The minimum Gasteiger partial charge on any atom is -0.487 e. The van der Waals surface area contributed by atoms with E-state index in [-0.39, 0.29) is 18.1 Å². The number of halogens is 3. The van der Waals surface area contributed by atoms with Crippen molar-refractivity contribution < 1.29 is 14.1 Å². The number of ether oxygens (including phenoxy) is 1. The van der Waals surface area contributed by atoms with E-state index in [0.717, 1.165) is 25.4 Å². The fourth-order valence-corrected chi connectivity index (χ4v) is 4.08. The number of aromatic nitrogens is 1. The van der Waals surface area contributed by atoms with Gasteiger partial charge in [-0.05, 0) is 80.0 Å².